The monoisotopic (exact) mass is 454 g/mol. The Labute approximate surface area is 210 Å². The predicted molar refractivity (Wildman–Crippen MR) is 118 cm³/mol. The summed E-state index contributed by atoms with van der Waals surface area (Å²) in [5.74, 6) is -1.65. The van der Waals surface area contributed by atoms with Gasteiger partial charge in [0.05, 0.1) is 10.6 Å². The Bertz CT molecular complexity index is 1190. The van der Waals surface area contributed by atoms with Crippen molar-refractivity contribution in [3.63, 3.8) is 0 Å². The van der Waals surface area contributed by atoms with Crippen molar-refractivity contribution in [1.82, 2.24) is 5.32 Å². The standard InChI is InChI=1S/C24H17FN2O3S.Na/c25-19-9-7-18(8-10-19)17-5-1-15(2-6-17)13-21-23(30)27-24(31-21)26-20-11-3-16(4-12-20)14-22(28)29;/h1-13H,14H2,(H,28,29)(H,26,27,30);/q;+1/p-1. The number of carbonyl (C=O) groups excluding carboxylic acids is 2. The van der Waals surface area contributed by atoms with Gasteiger partial charge in [0.2, 0.25) is 0 Å². The summed E-state index contributed by atoms with van der Waals surface area (Å²) < 4.78 is 13.1. The zero-order valence-electron chi connectivity index (χ0n) is 17.2. The Hall–Kier alpha value is -2.71. The van der Waals surface area contributed by atoms with Crippen molar-refractivity contribution in [2.24, 2.45) is 4.99 Å². The number of nitrogens with zero attached hydrogens (tertiary/aromatic N) is 1. The van der Waals surface area contributed by atoms with Gasteiger partial charge in [-0.2, -0.15) is 0 Å². The molecule has 0 aromatic heterocycles. The molecule has 1 fully saturated rings. The van der Waals surface area contributed by atoms with E-state index in [1.807, 2.05) is 24.3 Å². The first-order valence-corrected chi connectivity index (χ1v) is 10.2. The third-order valence-electron chi connectivity index (χ3n) is 4.55. The molecular formula is C24H16FN2NaO3S. The van der Waals surface area contributed by atoms with Gasteiger partial charge in [0.25, 0.3) is 5.91 Å². The van der Waals surface area contributed by atoms with Crippen LogP contribution in [0.1, 0.15) is 11.1 Å². The second kappa shape index (κ2) is 10.7. The Morgan fingerprint density at radius 1 is 0.969 bits per heavy atom. The summed E-state index contributed by atoms with van der Waals surface area (Å²) in [6, 6.07) is 20.6. The normalized spacial score (nSPS) is 15.5. The van der Waals surface area contributed by atoms with Crippen molar-refractivity contribution >= 4 is 40.6 Å². The van der Waals surface area contributed by atoms with Crippen LogP contribution in [0.2, 0.25) is 0 Å². The molecule has 1 aliphatic rings. The molecule has 1 heterocycles. The molecular weight excluding hydrogens is 438 g/mol. The van der Waals surface area contributed by atoms with E-state index >= 15 is 0 Å². The molecule has 0 radical (unpaired) electrons. The summed E-state index contributed by atoms with van der Waals surface area (Å²) in [6.45, 7) is 0. The first-order valence-electron chi connectivity index (χ1n) is 9.41. The summed E-state index contributed by atoms with van der Waals surface area (Å²) in [5, 5.41) is 13.8. The molecule has 0 saturated carbocycles. The SMILES string of the molecule is O=C([O-])Cc1ccc(N=C2NC(=O)C(=Cc3ccc(-c4ccc(F)cc4)cc3)S2)cc1.[Na+]. The summed E-state index contributed by atoms with van der Waals surface area (Å²) in [5.41, 5.74) is 3.95. The van der Waals surface area contributed by atoms with E-state index in [2.05, 4.69) is 10.3 Å². The van der Waals surface area contributed by atoms with Crippen molar-refractivity contribution in [2.45, 2.75) is 6.42 Å². The smallest absolute Gasteiger partial charge is 0.550 e. The van der Waals surface area contributed by atoms with E-state index in [0.717, 1.165) is 16.7 Å². The Morgan fingerprint density at radius 3 is 2.16 bits per heavy atom. The molecule has 5 nitrogen and oxygen atoms in total. The number of halogens is 1. The van der Waals surface area contributed by atoms with Crippen molar-refractivity contribution in [2.75, 3.05) is 0 Å². The Kier molecular flexibility index (Phi) is 8.04. The number of aliphatic carboxylic acids is 1. The van der Waals surface area contributed by atoms with Gasteiger partial charge >= 0.3 is 29.6 Å². The zero-order chi connectivity index (χ0) is 21.8. The number of aliphatic imine (C=N–C) groups is 1. The minimum atomic E-state index is -1.14. The molecule has 32 heavy (non-hydrogen) atoms. The van der Waals surface area contributed by atoms with Crippen molar-refractivity contribution in [3.8, 4) is 11.1 Å². The number of carbonyl (C=O) groups is 2. The maximum absolute atomic E-state index is 13.1. The van der Waals surface area contributed by atoms with Crippen molar-refractivity contribution < 1.29 is 48.6 Å². The number of carboxylic acids is 1. The fourth-order valence-electron chi connectivity index (χ4n) is 3.02. The number of amidine groups is 1. The van der Waals surface area contributed by atoms with Crippen LogP contribution in [0.15, 0.2) is 82.7 Å². The van der Waals surface area contributed by atoms with Crippen LogP contribution in [0.3, 0.4) is 0 Å². The van der Waals surface area contributed by atoms with Gasteiger partial charge in [0.15, 0.2) is 5.17 Å². The number of thioether (sulfide) groups is 1. The number of benzene rings is 3. The third-order valence-corrected chi connectivity index (χ3v) is 5.46. The van der Waals surface area contributed by atoms with Gasteiger partial charge in [-0.25, -0.2) is 9.38 Å². The number of amides is 1. The molecule has 0 unspecified atom stereocenters. The van der Waals surface area contributed by atoms with Crippen molar-refractivity contribution in [3.05, 3.63) is 94.6 Å². The fraction of sp³-hybridized carbons (Fsp3) is 0.0417. The van der Waals surface area contributed by atoms with E-state index in [0.29, 0.717) is 21.3 Å². The molecule has 3 aromatic carbocycles. The van der Waals surface area contributed by atoms with E-state index < -0.39 is 5.97 Å². The summed E-state index contributed by atoms with van der Waals surface area (Å²) >= 11 is 1.23. The summed E-state index contributed by atoms with van der Waals surface area (Å²) in [6.07, 6.45) is 1.62. The molecule has 1 aliphatic heterocycles. The molecule has 1 N–H and O–H groups in total. The molecule has 1 saturated heterocycles. The van der Waals surface area contributed by atoms with Crippen LogP contribution in [-0.4, -0.2) is 17.0 Å². The molecule has 0 bridgehead atoms. The minimum absolute atomic E-state index is 0. The van der Waals surface area contributed by atoms with E-state index in [1.165, 1.54) is 23.9 Å². The van der Waals surface area contributed by atoms with Gasteiger partial charge < -0.3 is 15.2 Å². The van der Waals surface area contributed by atoms with Gasteiger partial charge in [-0.3, -0.25) is 4.79 Å². The van der Waals surface area contributed by atoms with Crippen LogP contribution >= 0.6 is 11.8 Å². The molecule has 1 amide bonds. The fourth-order valence-corrected chi connectivity index (χ4v) is 3.86. The first-order chi connectivity index (χ1) is 15.0. The number of nitrogens with one attached hydrogen (secondary N) is 1. The molecule has 4 rings (SSSR count). The maximum atomic E-state index is 13.1. The van der Waals surface area contributed by atoms with Crippen LogP contribution in [0.4, 0.5) is 10.1 Å². The van der Waals surface area contributed by atoms with Gasteiger partial charge in [-0.1, -0.05) is 48.5 Å². The molecule has 0 atom stereocenters. The van der Waals surface area contributed by atoms with E-state index in [1.54, 1.807) is 42.5 Å². The van der Waals surface area contributed by atoms with Crippen LogP contribution in [-0.2, 0) is 16.0 Å². The third kappa shape index (κ3) is 6.17. The number of carboxylic acid groups (broad SMARTS) is 1. The Morgan fingerprint density at radius 2 is 1.56 bits per heavy atom. The van der Waals surface area contributed by atoms with Gasteiger partial charge in [-0.05, 0) is 64.4 Å². The molecule has 3 aromatic rings. The summed E-state index contributed by atoms with van der Waals surface area (Å²) in [7, 11) is 0. The van der Waals surface area contributed by atoms with Gasteiger partial charge in [0.1, 0.15) is 5.82 Å². The van der Waals surface area contributed by atoms with Gasteiger partial charge in [-0.15, -0.1) is 0 Å². The second-order valence-corrected chi connectivity index (χ2v) is 7.86. The predicted octanol–water partition coefficient (Wildman–Crippen LogP) is 0.681. The van der Waals surface area contributed by atoms with E-state index in [9.17, 15) is 19.1 Å². The van der Waals surface area contributed by atoms with Crippen LogP contribution in [0.25, 0.3) is 17.2 Å². The average Bonchev–Trinajstić information content (AvgIpc) is 3.09. The number of hydrogen-bond acceptors (Lipinski definition) is 5. The minimum Gasteiger partial charge on any atom is -0.550 e. The topological polar surface area (TPSA) is 81.6 Å². The molecule has 0 aliphatic carbocycles. The summed E-state index contributed by atoms with van der Waals surface area (Å²) in [4.78, 5) is 27.8. The number of rotatable bonds is 5. The molecule has 0 spiro atoms. The largest absolute Gasteiger partial charge is 1.00 e. The van der Waals surface area contributed by atoms with Crippen molar-refractivity contribution in [1.29, 1.82) is 0 Å². The van der Waals surface area contributed by atoms with Gasteiger partial charge in [0, 0.05) is 12.4 Å². The first kappa shape index (κ1) is 23.9. The van der Waals surface area contributed by atoms with Crippen LogP contribution in [0, 0.1) is 5.82 Å². The second-order valence-electron chi connectivity index (χ2n) is 6.83. The van der Waals surface area contributed by atoms with E-state index in [4.69, 9.17) is 0 Å². The quantitative estimate of drug-likeness (QED) is 0.454. The Balaban J connectivity index is 0.00000289. The molecule has 154 valence electrons. The number of hydrogen-bond donors (Lipinski definition) is 1. The van der Waals surface area contributed by atoms with Crippen LogP contribution in [0.5, 0.6) is 0 Å². The maximum Gasteiger partial charge on any atom is 1.00 e. The van der Waals surface area contributed by atoms with E-state index in [-0.39, 0.29) is 47.7 Å². The zero-order valence-corrected chi connectivity index (χ0v) is 20.0. The molecule has 8 heteroatoms. The average molecular weight is 454 g/mol. The van der Waals surface area contributed by atoms with Crippen LogP contribution < -0.4 is 40.0 Å².